The average Bonchev–Trinajstić information content (AvgIpc) is 2.03. The molecule has 1 heterocycles. The summed E-state index contributed by atoms with van der Waals surface area (Å²) in [6.45, 7) is -0.0608. The van der Waals surface area contributed by atoms with Gasteiger partial charge in [0.25, 0.3) is 0 Å². The third-order valence-corrected chi connectivity index (χ3v) is 1.80. The highest BCUT2D eigenvalue weighted by molar-refractivity contribution is 7.99. The number of hydrogen-bond donors (Lipinski definition) is 0. The molecule has 0 saturated carbocycles. The summed E-state index contributed by atoms with van der Waals surface area (Å²) in [7, 11) is 0. The van der Waals surface area contributed by atoms with Crippen LogP contribution in [0, 0.1) is 0 Å². The Hall–Kier alpha value is -0.610. The molecule has 1 radical (unpaired) electrons. The van der Waals surface area contributed by atoms with Gasteiger partial charge in [-0.2, -0.15) is 0 Å². The van der Waals surface area contributed by atoms with E-state index in [0.29, 0.717) is 5.75 Å². The Bertz CT molecular complexity index is 180. The normalized spacial score (nSPS) is 9.70. The fraction of sp³-hybridized carbons (Fsp3) is 0.333. The Morgan fingerprint density at radius 2 is 2.50 bits per heavy atom. The van der Waals surface area contributed by atoms with E-state index in [2.05, 4.69) is 9.97 Å². The molecule has 0 aliphatic carbocycles. The van der Waals surface area contributed by atoms with Gasteiger partial charge in [0.2, 0.25) is 0 Å². The summed E-state index contributed by atoms with van der Waals surface area (Å²) >= 11 is 1.46. The van der Waals surface area contributed by atoms with Crippen LogP contribution < -0.4 is 0 Å². The van der Waals surface area contributed by atoms with Crippen molar-refractivity contribution in [2.75, 3.05) is 12.4 Å². The number of hydrogen-bond acceptors (Lipinski definition) is 3. The maximum Gasteiger partial charge on any atom is 0.116 e. The van der Waals surface area contributed by atoms with Gasteiger partial charge in [0.05, 0.1) is 11.6 Å². The zero-order chi connectivity index (χ0) is 7.23. The molecule has 10 heavy (non-hydrogen) atoms. The van der Waals surface area contributed by atoms with E-state index >= 15 is 0 Å². The van der Waals surface area contributed by atoms with E-state index in [0.717, 1.165) is 5.03 Å². The molecule has 0 bridgehead atoms. The summed E-state index contributed by atoms with van der Waals surface area (Å²) < 4.78 is 0. The lowest BCUT2D eigenvalue weighted by molar-refractivity contribution is 0.215. The molecule has 0 amide bonds. The Morgan fingerprint density at radius 1 is 1.60 bits per heavy atom. The average molecular weight is 155 g/mol. The fourth-order valence-corrected chi connectivity index (χ4v) is 1.08. The summed E-state index contributed by atoms with van der Waals surface area (Å²) in [5.41, 5.74) is 0. The van der Waals surface area contributed by atoms with E-state index in [4.69, 9.17) is 0 Å². The Labute approximate surface area is 63.5 Å². The summed E-state index contributed by atoms with van der Waals surface area (Å²) in [6, 6.07) is 1.79. The lowest BCUT2D eigenvalue weighted by Crippen LogP contribution is -1.86. The van der Waals surface area contributed by atoms with Crippen molar-refractivity contribution in [1.82, 2.24) is 9.97 Å². The Balaban J connectivity index is 2.43. The first kappa shape index (κ1) is 7.50. The van der Waals surface area contributed by atoms with Crippen LogP contribution in [0.4, 0.5) is 0 Å². The summed E-state index contributed by atoms with van der Waals surface area (Å²) in [5, 5.41) is 10.9. The van der Waals surface area contributed by atoms with E-state index in [9.17, 15) is 5.11 Å². The molecule has 0 N–H and O–H groups in total. The van der Waals surface area contributed by atoms with Crippen molar-refractivity contribution in [3.05, 3.63) is 18.6 Å². The second-order valence-corrected chi connectivity index (χ2v) is 2.72. The lowest BCUT2D eigenvalue weighted by atomic mass is 10.7. The van der Waals surface area contributed by atoms with E-state index in [-0.39, 0.29) is 6.61 Å². The first-order valence-corrected chi connectivity index (χ1v) is 3.89. The zero-order valence-electron chi connectivity index (χ0n) is 5.36. The first-order valence-electron chi connectivity index (χ1n) is 2.90. The molecular formula is C6H7N2OS. The summed E-state index contributed by atoms with van der Waals surface area (Å²) in [5.74, 6) is 0.580. The molecule has 3 nitrogen and oxygen atoms in total. The van der Waals surface area contributed by atoms with Gasteiger partial charge >= 0.3 is 0 Å². The standard InChI is InChI=1S/C6H7N2OS/c9-3-4-10-6-1-2-7-5-8-6/h1-2,5H,3-4H2. The highest BCUT2D eigenvalue weighted by Gasteiger charge is 1.91. The smallest absolute Gasteiger partial charge is 0.116 e. The number of nitrogens with zero attached hydrogens (tertiary/aromatic N) is 2. The molecule has 1 aromatic heterocycles. The second-order valence-electron chi connectivity index (χ2n) is 1.60. The van der Waals surface area contributed by atoms with Crippen molar-refractivity contribution in [3.8, 4) is 0 Å². The van der Waals surface area contributed by atoms with E-state index in [1.54, 1.807) is 12.3 Å². The second kappa shape index (κ2) is 4.24. The Kier molecular flexibility index (Phi) is 3.18. The molecule has 0 aliphatic rings. The largest absolute Gasteiger partial charge is 0.245 e. The van der Waals surface area contributed by atoms with Crippen molar-refractivity contribution in [1.29, 1.82) is 0 Å². The van der Waals surface area contributed by atoms with Crippen molar-refractivity contribution < 1.29 is 5.11 Å². The molecule has 0 unspecified atom stereocenters. The van der Waals surface area contributed by atoms with Gasteiger partial charge in [-0.05, 0) is 6.07 Å². The van der Waals surface area contributed by atoms with E-state index in [1.807, 2.05) is 0 Å². The zero-order valence-corrected chi connectivity index (χ0v) is 6.17. The van der Waals surface area contributed by atoms with Gasteiger partial charge in [0.15, 0.2) is 0 Å². The number of rotatable bonds is 3. The Morgan fingerprint density at radius 3 is 3.10 bits per heavy atom. The minimum atomic E-state index is -0.0608. The molecule has 0 spiro atoms. The predicted octanol–water partition coefficient (Wildman–Crippen LogP) is 0.999. The van der Waals surface area contributed by atoms with Gasteiger partial charge in [-0.15, -0.1) is 11.8 Å². The highest BCUT2D eigenvalue weighted by atomic mass is 32.2. The van der Waals surface area contributed by atoms with Crippen molar-refractivity contribution in [2.24, 2.45) is 0 Å². The van der Waals surface area contributed by atoms with Gasteiger partial charge in [-0.3, -0.25) is 0 Å². The first-order chi connectivity index (χ1) is 4.93. The molecule has 53 valence electrons. The van der Waals surface area contributed by atoms with Crippen LogP contribution in [0.25, 0.3) is 0 Å². The third-order valence-electron chi connectivity index (χ3n) is 0.888. The SMILES string of the molecule is [O]CCSc1ccncn1. The summed E-state index contributed by atoms with van der Waals surface area (Å²) in [6.07, 6.45) is 3.15. The van der Waals surface area contributed by atoms with Crippen molar-refractivity contribution in [3.63, 3.8) is 0 Å². The number of thioether (sulfide) groups is 1. The minimum absolute atomic E-state index is 0.0608. The van der Waals surface area contributed by atoms with Crippen LogP contribution in [0.15, 0.2) is 23.6 Å². The molecule has 4 heteroatoms. The molecule has 0 aromatic carbocycles. The minimum Gasteiger partial charge on any atom is -0.245 e. The van der Waals surface area contributed by atoms with Crippen molar-refractivity contribution >= 4 is 11.8 Å². The maximum absolute atomic E-state index is 10.0. The molecular weight excluding hydrogens is 148 g/mol. The van der Waals surface area contributed by atoms with Gasteiger partial charge in [0, 0.05) is 11.9 Å². The van der Waals surface area contributed by atoms with Crippen LogP contribution in [0.5, 0.6) is 0 Å². The molecule has 0 fully saturated rings. The predicted molar refractivity (Wildman–Crippen MR) is 38.3 cm³/mol. The van der Waals surface area contributed by atoms with E-state index in [1.165, 1.54) is 18.1 Å². The summed E-state index contributed by atoms with van der Waals surface area (Å²) in [4.78, 5) is 7.68. The van der Waals surface area contributed by atoms with Crippen molar-refractivity contribution in [2.45, 2.75) is 5.03 Å². The third kappa shape index (κ3) is 2.33. The van der Waals surface area contributed by atoms with Crippen LogP contribution >= 0.6 is 11.8 Å². The van der Waals surface area contributed by atoms with Gasteiger partial charge < -0.3 is 0 Å². The quantitative estimate of drug-likeness (QED) is 0.483. The van der Waals surface area contributed by atoms with Crippen LogP contribution in [-0.2, 0) is 5.11 Å². The van der Waals surface area contributed by atoms with Crippen LogP contribution in [0.3, 0.4) is 0 Å². The topological polar surface area (TPSA) is 45.7 Å². The highest BCUT2D eigenvalue weighted by Crippen LogP contribution is 2.11. The fourth-order valence-electron chi connectivity index (χ4n) is 0.510. The maximum atomic E-state index is 10.0. The number of aromatic nitrogens is 2. The van der Waals surface area contributed by atoms with Gasteiger partial charge in [-0.1, -0.05) is 0 Å². The molecule has 0 atom stereocenters. The van der Waals surface area contributed by atoms with E-state index < -0.39 is 0 Å². The molecule has 1 rings (SSSR count). The van der Waals surface area contributed by atoms with Gasteiger partial charge in [0.1, 0.15) is 6.33 Å². The van der Waals surface area contributed by atoms with Gasteiger partial charge in [-0.25, -0.2) is 15.1 Å². The lowest BCUT2D eigenvalue weighted by Gasteiger charge is -1.93. The van der Waals surface area contributed by atoms with Crippen LogP contribution in [-0.4, -0.2) is 22.3 Å². The van der Waals surface area contributed by atoms with Crippen LogP contribution in [0.1, 0.15) is 0 Å². The monoisotopic (exact) mass is 155 g/mol. The molecule has 0 aliphatic heterocycles. The molecule has 1 aromatic rings. The molecule has 0 saturated heterocycles. The van der Waals surface area contributed by atoms with Crippen LogP contribution in [0.2, 0.25) is 0 Å².